The van der Waals surface area contributed by atoms with Crippen LogP contribution in [0, 0.1) is 6.92 Å². The molecule has 15 heavy (non-hydrogen) atoms. The first-order chi connectivity index (χ1) is 7.17. The minimum atomic E-state index is -0.238. The van der Waals surface area contributed by atoms with E-state index in [-0.39, 0.29) is 12.4 Å². The van der Waals surface area contributed by atoms with Crippen molar-refractivity contribution < 1.29 is 9.53 Å². The second kappa shape index (κ2) is 5.36. The predicted octanol–water partition coefficient (Wildman–Crippen LogP) is 1.39. The first-order valence-corrected chi connectivity index (χ1v) is 4.89. The van der Waals surface area contributed by atoms with E-state index in [0.29, 0.717) is 6.61 Å². The van der Waals surface area contributed by atoms with Crippen LogP contribution < -0.4 is 11.3 Å². The smallest absolute Gasteiger partial charge is 0.310 e. The Bertz CT molecular complexity index is 350. The second-order valence-corrected chi connectivity index (χ2v) is 3.29. The van der Waals surface area contributed by atoms with Gasteiger partial charge in [0.05, 0.1) is 18.7 Å². The number of hydrogen-bond acceptors (Lipinski definition) is 4. The Balaban J connectivity index is 2.80. The van der Waals surface area contributed by atoms with E-state index in [1.807, 2.05) is 25.1 Å². The normalized spacial score (nSPS) is 9.80. The van der Waals surface area contributed by atoms with Gasteiger partial charge in [-0.2, -0.15) is 0 Å². The van der Waals surface area contributed by atoms with Crippen LogP contribution in [0.2, 0.25) is 0 Å². The third-order valence-electron chi connectivity index (χ3n) is 2.06. The number of carbonyl (C=O) groups is 1. The third-order valence-corrected chi connectivity index (χ3v) is 2.06. The number of anilines is 1. The molecule has 0 atom stereocenters. The molecule has 4 nitrogen and oxygen atoms in total. The van der Waals surface area contributed by atoms with Gasteiger partial charge in [0.1, 0.15) is 0 Å². The number of nitrogens with two attached hydrogens (primary N) is 1. The molecule has 0 aliphatic rings. The second-order valence-electron chi connectivity index (χ2n) is 3.29. The van der Waals surface area contributed by atoms with Gasteiger partial charge in [-0.1, -0.05) is 12.1 Å². The van der Waals surface area contributed by atoms with Crippen LogP contribution in [0.15, 0.2) is 18.2 Å². The lowest BCUT2D eigenvalue weighted by molar-refractivity contribution is -0.142. The highest BCUT2D eigenvalue weighted by molar-refractivity contribution is 5.75. The molecule has 0 fully saturated rings. The number of aryl methyl sites for hydroxylation is 1. The maximum absolute atomic E-state index is 11.3. The van der Waals surface area contributed by atoms with Crippen molar-refractivity contribution in [2.75, 3.05) is 12.0 Å². The molecule has 0 radical (unpaired) electrons. The number of nitrogen functional groups attached to an aromatic ring is 1. The summed E-state index contributed by atoms with van der Waals surface area (Å²) in [5.74, 6) is 5.13. The van der Waals surface area contributed by atoms with E-state index in [1.165, 1.54) is 0 Å². The fourth-order valence-electron chi connectivity index (χ4n) is 1.35. The topological polar surface area (TPSA) is 64.3 Å². The summed E-state index contributed by atoms with van der Waals surface area (Å²) < 4.78 is 4.87. The highest BCUT2D eigenvalue weighted by Crippen LogP contribution is 2.17. The number of hydrazine groups is 1. The van der Waals surface area contributed by atoms with Crippen molar-refractivity contribution in [3.05, 3.63) is 29.3 Å². The average molecular weight is 208 g/mol. The Morgan fingerprint density at radius 1 is 1.53 bits per heavy atom. The summed E-state index contributed by atoms with van der Waals surface area (Å²) in [5.41, 5.74) is 5.28. The van der Waals surface area contributed by atoms with Gasteiger partial charge >= 0.3 is 5.97 Å². The number of esters is 1. The highest BCUT2D eigenvalue weighted by atomic mass is 16.5. The summed E-state index contributed by atoms with van der Waals surface area (Å²) in [4.78, 5) is 11.3. The Morgan fingerprint density at radius 2 is 2.27 bits per heavy atom. The van der Waals surface area contributed by atoms with Gasteiger partial charge in [0.25, 0.3) is 0 Å². The number of rotatable bonds is 4. The molecule has 0 bridgehead atoms. The molecular formula is C11H16N2O2. The first kappa shape index (κ1) is 11.5. The summed E-state index contributed by atoms with van der Waals surface area (Å²) in [6.45, 7) is 4.15. The van der Waals surface area contributed by atoms with Crippen molar-refractivity contribution in [1.29, 1.82) is 0 Å². The van der Waals surface area contributed by atoms with Crippen LogP contribution in [0.5, 0.6) is 0 Å². The van der Waals surface area contributed by atoms with E-state index in [2.05, 4.69) is 5.43 Å². The van der Waals surface area contributed by atoms with Crippen molar-refractivity contribution in [2.24, 2.45) is 5.84 Å². The number of carbonyl (C=O) groups excluding carboxylic acids is 1. The molecule has 0 heterocycles. The molecule has 0 aliphatic carbocycles. The Hall–Kier alpha value is -1.55. The van der Waals surface area contributed by atoms with Crippen LogP contribution in [0.25, 0.3) is 0 Å². The molecule has 0 saturated carbocycles. The van der Waals surface area contributed by atoms with E-state index >= 15 is 0 Å². The SMILES string of the molecule is CCOC(=O)Cc1ccc(C)cc1NN. The van der Waals surface area contributed by atoms with Gasteiger partial charge in [-0.3, -0.25) is 10.6 Å². The minimum Gasteiger partial charge on any atom is -0.466 e. The molecule has 0 saturated heterocycles. The largest absolute Gasteiger partial charge is 0.466 e. The molecule has 3 N–H and O–H groups in total. The third kappa shape index (κ3) is 3.25. The zero-order valence-corrected chi connectivity index (χ0v) is 9.04. The predicted molar refractivity (Wildman–Crippen MR) is 59.3 cm³/mol. The van der Waals surface area contributed by atoms with Gasteiger partial charge in [-0.05, 0) is 31.0 Å². The lowest BCUT2D eigenvalue weighted by atomic mass is 10.1. The van der Waals surface area contributed by atoms with E-state index < -0.39 is 0 Å². The fourth-order valence-corrected chi connectivity index (χ4v) is 1.35. The van der Waals surface area contributed by atoms with Gasteiger partial charge in [-0.25, -0.2) is 0 Å². The average Bonchev–Trinajstić information content (AvgIpc) is 2.21. The molecule has 1 aromatic rings. The van der Waals surface area contributed by atoms with Crippen molar-refractivity contribution in [1.82, 2.24) is 0 Å². The van der Waals surface area contributed by atoms with Gasteiger partial charge in [-0.15, -0.1) is 0 Å². The van der Waals surface area contributed by atoms with E-state index in [1.54, 1.807) is 6.92 Å². The van der Waals surface area contributed by atoms with Crippen LogP contribution in [0.1, 0.15) is 18.1 Å². The van der Waals surface area contributed by atoms with Crippen molar-refractivity contribution in [2.45, 2.75) is 20.3 Å². The first-order valence-electron chi connectivity index (χ1n) is 4.89. The lowest BCUT2D eigenvalue weighted by Crippen LogP contribution is -2.13. The molecule has 1 aromatic carbocycles. The van der Waals surface area contributed by atoms with Gasteiger partial charge in [0.15, 0.2) is 0 Å². The van der Waals surface area contributed by atoms with Crippen molar-refractivity contribution >= 4 is 11.7 Å². The van der Waals surface area contributed by atoms with Gasteiger partial charge < -0.3 is 10.2 Å². The van der Waals surface area contributed by atoms with Gasteiger partial charge in [0.2, 0.25) is 0 Å². The molecule has 0 aliphatic heterocycles. The van der Waals surface area contributed by atoms with Crippen molar-refractivity contribution in [3.8, 4) is 0 Å². The molecule has 82 valence electrons. The molecule has 4 heteroatoms. The molecule has 0 spiro atoms. The maximum atomic E-state index is 11.3. The zero-order chi connectivity index (χ0) is 11.3. The van der Waals surface area contributed by atoms with Crippen LogP contribution in [-0.2, 0) is 16.0 Å². The molecule has 0 aromatic heterocycles. The summed E-state index contributed by atoms with van der Waals surface area (Å²) in [5, 5.41) is 0. The maximum Gasteiger partial charge on any atom is 0.310 e. The molecule has 1 rings (SSSR count). The Morgan fingerprint density at radius 3 is 2.87 bits per heavy atom. The van der Waals surface area contributed by atoms with E-state index in [0.717, 1.165) is 16.8 Å². The number of benzene rings is 1. The molecule has 0 amide bonds. The Labute approximate surface area is 89.4 Å². The minimum absolute atomic E-state index is 0.238. The van der Waals surface area contributed by atoms with Crippen LogP contribution in [0.3, 0.4) is 0 Å². The number of nitrogens with one attached hydrogen (secondary N) is 1. The van der Waals surface area contributed by atoms with Crippen LogP contribution >= 0.6 is 0 Å². The number of ether oxygens (including phenoxy) is 1. The van der Waals surface area contributed by atoms with Crippen LogP contribution in [0.4, 0.5) is 5.69 Å². The van der Waals surface area contributed by atoms with Crippen LogP contribution in [-0.4, -0.2) is 12.6 Å². The Kier molecular flexibility index (Phi) is 4.12. The summed E-state index contributed by atoms with van der Waals surface area (Å²) >= 11 is 0. The fraction of sp³-hybridized carbons (Fsp3) is 0.364. The standard InChI is InChI=1S/C11H16N2O2/c1-3-15-11(14)7-9-5-4-8(2)6-10(9)13-12/h4-6,13H,3,7,12H2,1-2H3. The van der Waals surface area contributed by atoms with E-state index in [4.69, 9.17) is 10.6 Å². The zero-order valence-electron chi connectivity index (χ0n) is 9.04. The number of hydrogen-bond donors (Lipinski definition) is 2. The molecule has 0 unspecified atom stereocenters. The quantitative estimate of drug-likeness (QED) is 0.446. The monoisotopic (exact) mass is 208 g/mol. The van der Waals surface area contributed by atoms with E-state index in [9.17, 15) is 4.79 Å². The molecular weight excluding hydrogens is 192 g/mol. The van der Waals surface area contributed by atoms with Crippen molar-refractivity contribution in [3.63, 3.8) is 0 Å². The summed E-state index contributed by atoms with van der Waals surface area (Å²) in [7, 11) is 0. The summed E-state index contributed by atoms with van der Waals surface area (Å²) in [6.07, 6.45) is 0.244. The highest BCUT2D eigenvalue weighted by Gasteiger charge is 2.08. The summed E-state index contributed by atoms with van der Waals surface area (Å²) in [6, 6.07) is 5.71. The van der Waals surface area contributed by atoms with Gasteiger partial charge in [0, 0.05) is 0 Å². The lowest BCUT2D eigenvalue weighted by Gasteiger charge is -2.09.